The molecule has 1 aliphatic rings. The fraction of sp³-hybridized carbons (Fsp3) is 1.00. The van der Waals surface area contributed by atoms with Gasteiger partial charge in [-0.1, -0.05) is 26.2 Å². The Morgan fingerprint density at radius 3 is 2.19 bits per heavy atom. The normalized spacial score (nSPS) is 18.9. The molecule has 1 saturated carbocycles. The first-order chi connectivity index (χ1) is 7.76. The van der Waals surface area contributed by atoms with Crippen molar-refractivity contribution in [2.75, 3.05) is 21.0 Å². The zero-order chi connectivity index (χ0) is 11.9. The maximum atomic E-state index is 5.70. The Labute approximate surface area is 99.6 Å². The van der Waals surface area contributed by atoms with E-state index in [0.717, 1.165) is 18.9 Å². The van der Waals surface area contributed by atoms with Crippen LogP contribution in [-0.2, 0) is 18.0 Å². The van der Waals surface area contributed by atoms with E-state index >= 15 is 0 Å². The monoisotopic (exact) mass is 248 g/mol. The molecule has 1 fully saturated rings. The highest BCUT2D eigenvalue weighted by atomic mass is 28.4. The summed E-state index contributed by atoms with van der Waals surface area (Å²) in [6.07, 6.45) is 6.56. The van der Waals surface area contributed by atoms with E-state index in [9.17, 15) is 0 Å². The van der Waals surface area contributed by atoms with Crippen LogP contribution in [0.5, 0.6) is 0 Å². The molecule has 0 spiro atoms. The summed E-state index contributed by atoms with van der Waals surface area (Å²) in [5.41, 5.74) is 0. The molecule has 0 N–H and O–H groups in total. The minimum absolute atomic E-state index is 0.298. The summed E-state index contributed by atoms with van der Waals surface area (Å²) in [4.78, 5) is 0. The highest BCUT2D eigenvalue weighted by Crippen LogP contribution is 2.21. The molecule has 1 aliphatic carbocycles. The van der Waals surface area contributed by atoms with Crippen molar-refractivity contribution in [3.8, 4) is 0 Å². The van der Waals surface area contributed by atoms with Crippen molar-refractivity contribution in [1.29, 1.82) is 0 Å². The van der Waals surface area contributed by atoms with Crippen LogP contribution >= 0.6 is 0 Å². The van der Waals surface area contributed by atoms with Crippen LogP contribution in [0.1, 0.15) is 39.0 Å². The van der Waals surface area contributed by atoms with Crippen LogP contribution in [0.15, 0.2) is 0 Å². The first-order valence-electron chi connectivity index (χ1n) is 6.12. The first-order valence-corrected chi connectivity index (χ1v) is 8.05. The number of ether oxygens (including phenoxy) is 1. The second-order valence-electron chi connectivity index (χ2n) is 4.13. The standard InChI is InChI=1S/C11H24O4Si/c1-4-16(12-2,13-3)15-10-14-11-8-6-5-7-9-11/h11H,4-10H2,1-3H3. The SMILES string of the molecule is CC[Si](OC)(OC)OCOC1CCCCC1. The van der Waals surface area contributed by atoms with Crippen molar-refractivity contribution in [3.63, 3.8) is 0 Å². The average Bonchev–Trinajstić information content (AvgIpc) is 2.37. The lowest BCUT2D eigenvalue weighted by atomic mass is 9.98. The molecule has 0 bridgehead atoms. The molecule has 16 heavy (non-hydrogen) atoms. The molecule has 0 saturated heterocycles. The maximum absolute atomic E-state index is 5.70. The van der Waals surface area contributed by atoms with Gasteiger partial charge in [-0.15, -0.1) is 0 Å². The average molecular weight is 248 g/mol. The van der Waals surface area contributed by atoms with Crippen LogP contribution in [0, 0.1) is 0 Å². The van der Waals surface area contributed by atoms with E-state index in [2.05, 4.69) is 0 Å². The lowest BCUT2D eigenvalue weighted by Crippen LogP contribution is -2.44. The third-order valence-corrected chi connectivity index (χ3v) is 5.86. The zero-order valence-electron chi connectivity index (χ0n) is 10.7. The van der Waals surface area contributed by atoms with Gasteiger partial charge in [0.1, 0.15) is 6.79 Å². The van der Waals surface area contributed by atoms with Gasteiger partial charge in [-0.25, -0.2) is 0 Å². The van der Waals surface area contributed by atoms with Gasteiger partial charge in [0.15, 0.2) is 0 Å². The number of rotatable bonds is 7. The molecule has 0 aromatic heterocycles. The first kappa shape index (κ1) is 14.1. The lowest BCUT2D eigenvalue weighted by molar-refractivity contribution is -0.0783. The van der Waals surface area contributed by atoms with Gasteiger partial charge in [0.2, 0.25) is 0 Å². The van der Waals surface area contributed by atoms with E-state index in [-0.39, 0.29) is 0 Å². The van der Waals surface area contributed by atoms with Gasteiger partial charge < -0.3 is 18.0 Å². The topological polar surface area (TPSA) is 36.9 Å². The fourth-order valence-corrected chi connectivity index (χ4v) is 3.48. The van der Waals surface area contributed by atoms with Crippen LogP contribution in [0.2, 0.25) is 6.04 Å². The largest absolute Gasteiger partial charge is 0.501 e. The summed E-state index contributed by atoms with van der Waals surface area (Å²) in [7, 11) is 0.851. The van der Waals surface area contributed by atoms with E-state index in [4.69, 9.17) is 18.0 Å². The Morgan fingerprint density at radius 2 is 1.69 bits per heavy atom. The van der Waals surface area contributed by atoms with Crippen LogP contribution in [0.3, 0.4) is 0 Å². The summed E-state index contributed by atoms with van der Waals surface area (Å²) >= 11 is 0. The van der Waals surface area contributed by atoms with Crippen LogP contribution < -0.4 is 0 Å². The van der Waals surface area contributed by atoms with Gasteiger partial charge in [0, 0.05) is 20.3 Å². The molecule has 0 aliphatic heterocycles. The van der Waals surface area contributed by atoms with E-state index in [1.165, 1.54) is 19.3 Å². The molecule has 96 valence electrons. The molecule has 0 heterocycles. The summed E-state index contributed by atoms with van der Waals surface area (Å²) in [6.45, 7) is 2.31. The van der Waals surface area contributed by atoms with Crippen LogP contribution in [0.25, 0.3) is 0 Å². The Hall–Kier alpha value is 0.0569. The molecule has 4 nitrogen and oxygen atoms in total. The Morgan fingerprint density at radius 1 is 1.06 bits per heavy atom. The smallest absolute Gasteiger partial charge is 0.377 e. The maximum Gasteiger partial charge on any atom is 0.501 e. The van der Waals surface area contributed by atoms with Crippen molar-refractivity contribution < 1.29 is 18.0 Å². The highest BCUT2D eigenvalue weighted by molar-refractivity contribution is 6.60. The van der Waals surface area contributed by atoms with Gasteiger partial charge in [-0.3, -0.25) is 0 Å². The third kappa shape index (κ3) is 4.14. The lowest BCUT2D eigenvalue weighted by Gasteiger charge is -2.27. The number of hydrogen-bond acceptors (Lipinski definition) is 4. The van der Waals surface area contributed by atoms with Crippen molar-refractivity contribution in [3.05, 3.63) is 0 Å². The molecular weight excluding hydrogens is 224 g/mol. The molecule has 0 atom stereocenters. The van der Waals surface area contributed by atoms with Crippen molar-refractivity contribution in [1.82, 2.24) is 0 Å². The Balaban J connectivity index is 2.21. The van der Waals surface area contributed by atoms with E-state index in [1.807, 2.05) is 6.92 Å². The van der Waals surface area contributed by atoms with Gasteiger partial charge in [-0.2, -0.15) is 0 Å². The third-order valence-electron chi connectivity index (χ3n) is 3.19. The second kappa shape index (κ2) is 7.40. The van der Waals surface area contributed by atoms with Crippen LogP contribution in [0.4, 0.5) is 0 Å². The van der Waals surface area contributed by atoms with Gasteiger partial charge >= 0.3 is 8.80 Å². The number of hydrogen-bond donors (Lipinski definition) is 0. The minimum atomic E-state index is -2.43. The molecule has 0 aromatic rings. The summed E-state index contributed by atoms with van der Waals surface area (Å²) < 4.78 is 22.0. The second-order valence-corrected chi connectivity index (χ2v) is 7.31. The van der Waals surface area contributed by atoms with Gasteiger partial charge in [-0.05, 0) is 12.8 Å². The molecule has 0 amide bonds. The van der Waals surface area contributed by atoms with E-state index in [0.29, 0.717) is 12.9 Å². The zero-order valence-corrected chi connectivity index (χ0v) is 11.7. The molecule has 0 unspecified atom stereocenters. The molecule has 0 aromatic carbocycles. The van der Waals surface area contributed by atoms with Crippen molar-refractivity contribution in [2.45, 2.75) is 51.2 Å². The van der Waals surface area contributed by atoms with Gasteiger partial charge in [0.05, 0.1) is 6.10 Å². The summed E-state index contributed by atoms with van der Waals surface area (Å²) in [5.74, 6) is 0. The predicted molar refractivity (Wildman–Crippen MR) is 64.2 cm³/mol. The quantitative estimate of drug-likeness (QED) is 0.512. The minimum Gasteiger partial charge on any atom is -0.377 e. The summed E-state index contributed by atoms with van der Waals surface area (Å²) in [6, 6.07) is 0.772. The Kier molecular flexibility index (Phi) is 6.53. The summed E-state index contributed by atoms with van der Waals surface area (Å²) in [5, 5.41) is 0. The fourth-order valence-electron chi connectivity index (χ4n) is 2.04. The Bertz CT molecular complexity index is 171. The van der Waals surface area contributed by atoms with Gasteiger partial charge in [0.25, 0.3) is 0 Å². The molecule has 5 heteroatoms. The van der Waals surface area contributed by atoms with Crippen molar-refractivity contribution in [2.24, 2.45) is 0 Å². The van der Waals surface area contributed by atoms with E-state index < -0.39 is 8.80 Å². The van der Waals surface area contributed by atoms with Crippen molar-refractivity contribution >= 4 is 8.80 Å². The van der Waals surface area contributed by atoms with Crippen LogP contribution in [-0.4, -0.2) is 35.9 Å². The molecular formula is C11H24O4Si. The van der Waals surface area contributed by atoms with E-state index in [1.54, 1.807) is 14.2 Å². The molecule has 1 rings (SSSR count). The predicted octanol–water partition coefficient (Wildman–Crippen LogP) is 2.56. The highest BCUT2D eigenvalue weighted by Gasteiger charge is 2.36. The molecule has 0 radical (unpaired) electrons.